The maximum absolute atomic E-state index is 13.4. The van der Waals surface area contributed by atoms with Crippen molar-refractivity contribution >= 4 is 29.4 Å². The van der Waals surface area contributed by atoms with Crippen LogP contribution >= 0.6 is 11.8 Å². The van der Waals surface area contributed by atoms with Gasteiger partial charge in [0.2, 0.25) is 5.91 Å². The molecule has 0 spiro atoms. The van der Waals surface area contributed by atoms with Crippen LogP contribution in [0.15, 0.2) is 77.4 Å². The normalized spacial score (nSPS) is 17.9. The highest BCUT2D eigenvalue weighted by molar-refractivity contribution is 7.99. The summed E-state index contributed by atoms with van der Waals surface area (Å²) in [5.41, 5.74) is 1.51. The number of carbonyl (C=O) groups excluding carboxylic acids is 2. The number of urea groups is 1. The summed E-state index contributed by atoms with van der Waals surface area (Å²) in [6.07, 6.45) is 1.56. The number of amides is 3. The van der Waals surface area contributed by atoms with E-state index in [-0.39, 0.29) is 23.9 Å². The summed E-state index contributed by atoms with van der Waals surface area (Å²) in [5.74, 6) is 1.47. The Labute approximate surface area is 184 Å². The van der Waals surface area contributed by atoms with Gasteiger partial charge in [-0.2, -0.15) is 0 Å². The largest absolute Gasteiger partial charge is 0.495 e. The van der Waals surface area contributed by atoms with Gasteiger partial charge in [-0.1, -0.05) is 42.5 Å². The molecule has 2 atom stereocenters. The fourth-order valence-corrected chi connectivity index (χ4v) is 4.89. The molecule has 3 amide bonds. The highest BCUT2D eigenvalue weighted by atomic mass is 32.2. The number of ether oxygens (including phenoxy) is 1. The lowest BCUT2D eigenvalue weighted by Crippen LogP contribution is -2.49. The lowest BCUT2D eigenvalue weighted by molar-refractivity contribution is -0.124. The molecule has 7 nitrogen and oxygen atoms in total. The van der Waals surface area contributed by atoms with E-state index in [1.807, 2.05) is 42.5 Å². The van der Waals surface area contributed by atoms with E-state index >= 15 is 0 Å². The number of benzene rings is 2. The third-order valence-electron chi connectivity index (χ3n) is 4.99. The molecular weight excluding hydrogens is 414 g/mol. The summed E-state index contributed by atoms with van der Waals surface area (Å²) in [4.78, 5) is 28.0. The van der Waals surface area contributed by atoms with E-state index in [0.29, 0.717) is 22.9 Å². The number of nitrogens with zero attached hydrogens (tertiary/aromatic N) is 1. The number of hydrogen-bond donors (Lipinski definition) is 2. The van der Waals surface area contributed by atoms with Gasteiger partial charge in [0.05, 0.1) is 25.6 Å². The van der Waals surface area contributed by atoms with Gasteiger partial charge in [-0.25, -0.2) is 4.79 Å². The number of anilines is 1. The molecule has 160 valence electrons. The number of furan rings is 1. The molecule has 31 heavy (non-hydrogen) atoms. The molecule has 2 aromatic carbocycles. The van der Waals surface area contributed by atoms with E-state index in [2.05, 4.69) is 10.6 Å². The number of thioether (sulfide) groups is 1. The highest BCUT2D eigenvalue weighted by Gasteiger charge is 2.42. The first-order valence-corrected chi connectivity index (χ1v) is 10.9. The van der Waals surface area contributed by atoms with Crippen LogP contribution in [0.2, 0.25) is 0 Å². The van der Waals surface area contributed by atoms with Crippen molar-refractivity contribution < 1.29 is 18.7 Å². The molecule has 0 bridgehead atoms. The third-order valence-corrected chi connectivity index (χ3v) is 6.31. The SMILES string of the molecule is COc1ccccc1NC(=O)N1C(C(=O)NCc2ccco2)CSC1c1ccccc1. The minimum Gasteiger partial charge on any atom is -0.495 e. The molecule has 0 saturated carbocycles. The number of para-hydroxylation sites is 2. The number of carbonyl (C=O) groups is 2. The molecule has 3 aromatic rings. The summed E-state index contributed by atoms with van der Waals surface area (Å²) in [5, 5.41) is 5.50. The summed E-state index contributed by atoms with van der Waals surface area (Å²) in [6, 6.07) is 19.5. The topological polar surface area (TPSA) is 83.8 Å². The zero-order valence-electron chi connectivity index (χ0n) is 17.0. The van der Waals surface area contributed by atoms with Crippen molar-refractivity contribution in [3.05, 3.63) is 84.3 Å². The molecule has 2 N–H and O–H groups in total. The summed E-state index contributed by atoms with van der Waals surface area (Å²) >= 11 is 1.56. The Morgan fingerprint density at radius 1 is 1.10 bits per heavy atom. The maximum Gasteiger partial charge on any atom is 0.323 e. The van der Waals surface area contributed by atoms with Gasteiger partial charge >= 0.3 is 6.03 Å². The minimum absolute atomic E-state index is 0.225. The van der Waals surface area contributed by atoms with Gasteiger partial charge in [0.25, 0.3) is 0 Å². The second-order valence-electron chi connectivity index (χ2n) is 6.95. The molecule has 0 aliphatic carbocycles. The van der Waals surface area contributed by atoms with Crippen molar-refractivity contribution in [3.8, 4) is 5.75 Å². The van der Waals surface area contributed by atoms with Crippen molar-refractivity contribution in [1.82, 2.24) is 10.2 Å². The van der Waals surface area contributed by atoms with E-state index in [9.17, 15) is 9.59 Å². The Morgan fingerprint density at radius 2 is 1.87 bits per heavy atom. The van der Waals surface area contributed by atoms with Crippen LogP contribution in [-0.4, -0.2) is 35.7 Å². The average Bonchev–Trinajstić information content (AvgIpc) is 3.48. The van der Waals surface area contributed by atoms with Gasteiger partial charge in [0.1, 0.15) is 22.9 Å². The van der Waals surface area contributed by atoms with E-state index in [1.165, 1.54) is 0 Å². The second-order valence-corrected chi connectivity index (χ2v) is 8.06. The van der Waals surface area contributed by atoms with Crippen LogP contribution in [0.3, 0.4) is 0 Å². The molecule has 1 aliphatic rings. The van der Waals surface area contributed by atoms with Crippen LogP contribution in [0.25, 0.3) is 0 Å². The molecule has 1 aromatic heterocycles. The molecule has 0 radical (unpaired) electrons. The molecule has 2 heterocycles. The van der Waals surface area contributed by atoms with Crippen LogP contribution < -0.4 is 15.4 Å². The molecule has 8 heteroatoms. The number of hydrogen-bond acceptors (Lipinski definition) is 5. The molecular formula is C23H23N3O4S. The Hall–Kier alpha value is -3.39. The van der Waals surface area contributed by atoms with Crippen molar-refractivity contribution in [2.24, 2.45) is 0 Å². The summed E-state index contributed by atoms with van der Waals surface area (Å²) < 4.78 is 10.6. The summed E-state index contributed by atoms with van der Waals surface area (Å²) in [6.45, 7) is 0.269. The molecule has 2 unspecified atom stereocenters. The average molecular weight is 438 g/mol. The monoisotopic (exact) mass is 437 g/mol. The van der Waals surface area contributed by atoms with E-state index in [4.69, 9.17) is 9.15 Å². The van der Waals surface area contributed by atoms with Crippen LogP contribution in [0, 0.1) is 0 Å². The highest BCUT2D eigenvalue weighted by Crippen LogP contribution is 2.42. The quantitative estimate of drug-likeness (QED) is 0.602. The van der Waals surface area contributed by atoms with Crippen LogP contribution in [0.4, 0.5) is 10.5 Å². The van der Waals surface area contributed by atoms with Crippen molar-refractivity contribution in [2.45, 2.75) is 18.0 Å². The first-order valence-electron chi connectivity index (χ1n) is 9.86. The molecule has 4 rings (SSSR count). The minimum atomic E-state index is -0.625. The van der Waals surface area contributed by atoms with Gasteiger partial charge < -0.3 is 19.8 Å². The Balaban J connectivity index is 1.57. The van der Waals surface area contributed by atoms with Crippen molar-refractivity contribution in [1.29, 1.82) is 0 Å². The number of rotatable bonds is 6. The Kier molecular flexibility index (Phi) is 6.47. The Morgan fingerprint density at radius 3 is 2.61 bits per heavy atom. The zero-order valence-corrected chi connectivity index (χ0v) is 17.8. The van der Waals surface area contributed by atoms with Crippen molar-refractivity contribution in [3.63, 3.8) is 0 Å². The molecule has 1 aliphatic heterocycles. The number of methoxy groups -OCH3 is 1. The molecule has 1 fully saturated rings. The van der Waals surface area contributed by atoms with Gasteiger partial charge in [0.15, 0.2) is 0 Å². The molecule has 1 saturated heterocycles. The van der Waals surface area contributed by atoms with E-state index in [0.717, 1.165) is 5.56 Å². The zero-order chi connectivity index (χ0) is 21.6. The van der Waals surface area contributed by atoms with Gasteiger partial charge in [0, 0.05) is 5.75 Å². The number of nitrogens with one attached hydrogen (secondary N) is 2. The fraction of sp³-hybridized carbons (Fsp3) is 0.217. The predicted octanol–water partition coefficient (Wildman–Crippen LogP) is 4.25. The van der Waals surface area contributed by atoms with Crippen LogP contribution in [0.5, 0.6) is 5.75 Å². The van der Waals surface area contributed by atoms with Gasteiger partial charge in [-0.05, 0) is 29.8 Å². The predicted molar refractivity (Wildman–Crippen MR) is 120 cm³/mol. The maximum atomic E-state index is 13.4. The lowest BCUT2D eigenvalue weighted by Gasteiger charge is -2.29. The fourth-order valence-electron chi connectivity index (χ4n) is 3.46. The lowest BCUT2D eigenvalue weighted by atomic mass is 10.1. The van der Waals surface area contributed by atoms with Gasteiger partial charge in [-0.3, -0.25) is 9.69 Å². The smallest absolute Gasteiger partial charge is 0.323 e. The van der Waals surface area contributed by atoms with E-state index < -0.39 is 6.04 Å². The van der Waals surface area contributed by atoms with Crippen LogP contribution in [0.1, 0.15) is 16.7 Å². The van der Waals surface area contributed by atoms with Crippen LogP contribution in [-0.2, 0) is 11.3 Å². The first kappa shape index (κ1) is 20.9. The van der Waals surface area contributed by atoms with Gasteiger partial charge in [-0.15, -0.1) is 11.8 Å². The second kappa shape index (κ2) is 9.61. The summed E-state index contributed by atoms with van der Waals surface area (Å²) in [7, 11) is 1.55. The first-order chi connectivity index (χ1) is 15.2. The Bertz CT molecular complexity index is 1030. The van der Waals surface area contributed by atoms with E-state index in [1.54, 1.807) is 54.3 Å². The van der Waals surface area contributed by atoms with Crippen molar-refractivity contribution in [2.75, 3.05) is 18.2 Å². The third kappa shape index (κ3) is 4.69. The standard InChI is InChI=1S/C23H23N3O4S/c1-29-20-12-6-5-11-18(20)25-23(28)26-19(21(27)24-14-17-10-7-13-30-17)15-31-22(26)16-8-3-2-4-9-16/h2-13,19,22H,14-15H2,1H3,(H,24,27)(H,25,28).